The molecule has 0 amide bonds. The van der Waals surface area contributed by atoms with Gasteiger partial charge in [-0.25, -0.2) is 0 Å². The van der Waals surface area contributed by atoms with Crippen LogP contribution in [0.3, 0.4) is 0 Å². The minimum atomic E-state index is -0.987. The van der Waals surface area contributed by atoms with Crippen LogP contribution < -0.4 is 5.32 Å². The molecule has 22 heavy (non-hydrogen) atoms. The van der Waals surface area contributed by atoms with Gasteiger partial charge in [0.05, 0.1) is 12.6 Å². The smallest absolute Gasteiger partial charge is 0.185 e. The molecule has 0 unspecified atom stereocenters. The minimum absolute atomic E-state index is 0.323. The Morgan fingerprint density at radius 2 is 1.91 bits per heavy atom. The number of hydrogen-bond donors (Lipinski definition) is 4. The molecule has 1 saturated heterocycles. The fourth-order valence-electron chi connectivity index (χ4n) is 2.73. The molecule has 5 atom stereocenters. The summed E-state index contributed by atoms with van der Waals surface area (Å²) in [6, 6.07) is 9.54. The van der Waals surface area contributed by atoms with Gasteiger partial charge in [-0.15, -0.1) is 0 Å². The van der Waals surface area contributed by atoms with Crippen LogP contribution in [0.15, 0.2) is 30.3 Å². The van der Waals surface area contributed by atoms with Crippen LogP contribution in [0.1, 0.15) is 12.0 Å². The summed E-state index contributed by atoms with van der Waals surface area (Å²) in [7, 11) is 1.42. The normalized spacial score (nSPS) is 32.1. The van der Waals surface area contributed by atoms with E-state index in [9.17, 15) is 15.3 Å². The van der Waals surface area contributed by atoms with Gasteiger partial charge in [-0.1, -0.05) is 30.3 Å². The predicted molar refractivity (Wildman–Crippen MR) is 81.3 cm³/mol. The number of aliphatic hydroxyl groups is 3. The largest absolute Gasteiger partial charge is 0.394 e. The van der Waals surface area contributed by atoms with E-state index in [1.807, 2.05) is 18.2 Å². The molecule has 124 valence electrons. The van der Waals surface area contributed by atoms with Gasteiger partial charge < -0.3 is 30.1 Å². The molecule has 1 aliphatic heterocycles. The highest BCUT2D eigenvalue weighted by Crippen LogP contribution is 2.21. The molecule has 0 spiro atoms. The number of methoxy groups -OCH3 is 1. The summed E-state index contributed by atoms with van der Waals surface area (Å²) in [5, 5.41) is 32.7. The van der Waals surface area contributed by atoms with E-state index in [0.717, 1.165) is 12.8 Å². The molecule has 0 radical (unpaired) electrons. The Labute approximate surface area is 130 Å². The Morgan fingerprint density at radius 1 is 1.18 bits per heavy atom. The Balaban J connectivity index is 1.83. The third kappa shape index (κ3) is 4.25. The van der Waals surface area contributed by atoms with Crippen molar-refractivity contribution in [3.63, 3.8) is 0 Å². The number of aliphatic hydroxyl groups excluding tert-OH is 3. The highest BCUT2D eigenvalue weighted by atomic mass is 16.7. The first-order chi connectivity index (χ1) is 10.7. The predicted octanol–water partition coefficient (Wildman–Crippen LogP) is -0.337. The van der Waals surface area contributed by atoms with Gasteiger partial charge in [0.15, 0.2) is 6.29 Å². The van der Waals surface area contributed by atoms with Crippen molar-refractivity contribution in [3.05, 3.63) is 35.9 Å². The van der Waals surface area contributed by atoms with Gasteiger partial charge in [0, 0.05) is 7.11 Å². The molecule has 1 heterocycles. The van der Waals surface area contributed by atoms with Gasteiger partial charge in [-0.3, -0.25) is 0 Å². The van der Waals surface area contributed by atoms with Crippen LogP contribution in [0.2, 0.25) is 0 Å². The van der Waals surface area contributed by atoms with E-state index in [2.05, 4.69) is 17.4 Å². The van der Waals surface area contributed by atoms with Gasteiger partial charge in [-0.05, 0) is 24.9 Å². The molecule has 0 saturated carbocycles. The van der Waals surface area contributed by atoms with Crippen LogP contribution >= 0.6 is 0 Å². The third-order valence-corrected chi connectivity index (χ3v) is 3.98. The monoisotopic (exact) mass is 311 g/mol. The lowest BCUT2D eigenvalue weighted by molar-refractivity contribution is -0.271. The van der Waals surface area contributed by atoms with Crippen molar-refractivity contribution in [1.29, 1.82) is 0 Å². The first-order valence-electron chi connectivity index (χ1n) is 7.60. The standard InChI is InChI=1S/C16H25NO5/c1-21-16-15(20)13(14(19)12(10-18)22-16)17-9-5-8-11-6-3-2-4-7-11/h2-4,6-7,12-20H,5,8-10H2,1H3/t12-,13-,14-,15+,16+/m1/s1. The molecule has 6 heteroatoms. The van der Waals surface area contributed by atoms with Gasteiger partial charge in [0.25, 0.3) is 0 Å². The summed E-state index contributed by atoms with van der Waals surface area (Å²) in [5.74, 6) is 0. The summed E-state index contributed by atoms with van der Waals surface area (Å²) in [6.45, 7) is 0.318. The highest BCUT2D eigenvalue weighted by molar-refractivity contribution is 5.14. The maximum absolute atomic E-state index is 10.2. The fourth-order valence-corrected chi connectivity index (χ4v) is 2.73. The first-order valence-corrected chi connectivity index (χ1v) is 7.60. The second-order valence-corrected chi connectivity index (χ2v) is 5.51. The van der Waals surface area contributed by atoms with Crippen molar-refractivity contribution in [2.45, 2.75) is 43.5 Å². The summed E-state index contributed by atoms with van der Waals surface area (Å²) < 4.78 is 10.4. The van der Waals surface area contributed by atoms with E-state index in [1.165, 1.54) is 12.7 Å². The molecule has 1 aromatic carbocycles. The van der Waals surface area contributed by atoms with E-state index in [1.54, 1.807) is 0 Å². The van der Waals surface area contributed by atoms with Crippen molar-refractivity contribution in [3.8, 4) is 0 Å². The zero-order valence-electron chi connectivity index (χ0n) is 12.8. The van der Waals surface area contributed by atoms with Crippen LogP contribution in [0.5, 0.6) is 0 Å². The molecule has 1 aromatic rings. The molecule has 0 aliphatic carbocycles. The summed E-state index contributed by atoms with van der Waals surface area (Å²) >= 11 is 0. The maximum atomic E-state index is 10.2. The number of ether oxygens (including phenoxy) is 2. The van der Waals surface area contributed by atoms with Crippen LogP contribution in [-0.4, -0.2) is 66.2 Å². The van der Waals surface area contributed by atoms with Gasteiger partial charge >= 0.3 is 0 Å². The topological polar surface area (TPSA) is 91.2 Å². The maximum Gasteiger partial charge on any atom is 0.185 e. The zero-order valence-corrected chi connectivity index (χ0v) is 12.8. The average Bonchev–Trinajstić information content (AvgIpc) is 2.55. The molecular weight excluding hydrogens is 286 g/mol. The summed E-state index contributed by atoms with van der Waals surface area (Å²) in [4.78, 5) is 0. The highest BCUT2D eigenvalue weighted by Gasteiger charge is 2.44. The SMILES string of the molecule is CO[C@H]1O[C@H](CO)[C@@H](O)[C@@H](NCCCc2ccccc2)[C@@H]1O. The molecule has 4 N–H and O–H groups in total. The average molecular weight is 311 g/mol. The quantitative estimate of drug-likeness (QED) is 0.515. The molecule has 2 rings (SSSR count). The lowest BCUT2D eigenvalue weighted by atomic mass is 9.96. The van der Waals surface area contributed by atoms with E-state index in [-0.39, 0.29) is 6.61 Å². The second-order valence-electron chi connectivity index (χ2n) is 5.51. The Kier molecular flexibility index (Phi) is 6.75. The first kappa shape index (κ1) is 17.3. The van der Waals surface area contributed by atoms with Gasteiger partial charge in [0.2, 0.25) is 0 Å². The Hall–Kier alpha value is -1.02. The molecule has 0 aromatic heterocycles. The Morgan fingerprint density at radius 3 is 2.55 bits per heavy atom. The van der Waals surface area contributed by atoms with Crippen molar-refractivity contribution < 1.29 is 24.8 Å². The lowest BCUT2D eigenvalue weighted by Crippen LogP contribution is -2.64. The van der Waals surface area contributed by atoms with E-state index in [4.69, 9.17) is 9.47 Å². The summed E-state index contributed by atoms with van der Waals surface area (Å²) in [6.07, 6.45) is -1.79. The van der Waals surface area contributed by atoms with Crippen molar-refractivity contribution in [1.82, 2.24) is 5.32 Å². The van der Waals surface area contributed by atoms with Crippen molar-refractivity contribution >= 4 is 0 Å². The summed E-state index contributed by atoms with van der Waals surface area (Å²) in [5.41, 5.74) is 1.25. The molecule has 0 bridgehead atoms. The molecule has 1 aliphatic rings. The lowest BCUT2D eigenvalue weighted by Gasteiger charge is -2.42. The number of nitrogens with one attached hydrogen (secondary N) is 1. The van der Waals surface area contributed by atoms with E-state index >= 15 is 0 Å². The minimum Gasteiger partial charge on any atom is -0.394 e. The van der Waals surface area contributed by atoms with Crippen LogP contribution in [0.4, 0.5) is 0 Å². The van der Waals surface area contributed by atoms with E-state index in [0.29, 0.717) is 6.54 Å². The van der Waals surface area contributed by atoms with Crippen molar-refractivity contribution in [2.24, 2.45) is 0 Å². The number of aryl methyl sites for hydroxylation is 1. The number of benzene rings is 1. The van der Waals surface area contributed by atoms with Crippen LogP contribution in [-0.2, 0) is 15.9 Å². The fraction of sp³-hybridized carbons (Fsp3) is 0.625. The third-order valence-electron chi connectivity index (χ3n) is 3.98. The van der Waals surface area contributed by atoms with Crippen molar-refractivity contribution in [2.75, 3.05) is 20.3 Å². The van der Waals surface area contributed by atoms with Gasteiger partial charge in [0.1, 0.15) is 18.3 Å². The molecule has 6 nitrogen and oxygen atoms in total. The molecular formula is C16H25NO5. The zero-order chi connectivity index (χ0) is 15.9. The number of rotatable bonds is 7. The van der Waals surface area contributed by atoms with Crippen LogP contribution in [0.25, 0.3) is 0 Å². The van der Waals surface area contributed by atoms with Gasteiger partial charge in [-0.2, -0.15) is 0 Å². The number of hydrogen-bond acceptors (Lipinski definition) is 6. The van der Waals surface area contributed by atoms with E-state index < -0.39 is 30.6 Å². The second kappa shape index (κ2) is 8.57. The molecule has 1 fully saturated rings. The Bertz CT molecular complexity index is 414. The van der Waals surface area contributed by atoms with Crippen LogP contribution in [0, 0.1) is 0 Å².